The van der Waals surface area contributed by atoms with Gasteiger partial charge in [0, 0.05) is 11.6 Å². The van der Waals surface area contributed by atoms with E-state index in [4.69, 9.17) is 9.68 Å². The molecule has 0 fully saturated rings. The quantitative estimate of drug-likeness (QED) is 0.589. The highest BCUT2D eigenvalue weighted by Gasteiger charge is 2.11. The Labute approximate surface area is 131 Å². The first-order valence-corrected chi connectivity index (χ1v) is 6.69. The Bertz CT molecular complexity index is 873. The molecule has 1 N–H and O–H groups in total. The van der Waals surface area contributed by atoms with Gasteiger partial charge in [0.15, 0.2) is 0 Å². The number of rotatable bonds is 4. The standard InChI is InChI=1S/C16H11N5O2/c17-9-13(16(22)20-21-10-18-19-11-21)8-14-6-7-15(23-14)12-4-2-1-3-5-12/h1-8,10-11H,(H,20,22)/b13-8+. The molecule has 0 radical (unpaired) electrons. The van der Waals surface area contributed by atoms with Gasteiger partial charge in [0.05, 0.1) is 0 Å². The van der Waals surface area contributed by atoms with Gasteiger partial charge in [-0.25, -0.2) is 4.68 Å². The summed E-state index contributed by atoms with van der Waals surface area (Å²) < 4.78 is 6.90. The summed E-state index contributed by atoms with van der Waals surface area (Å²) >= 11 is 0. The maximum absolute atomic E-state index is 12.0. The van der Waals surface area contributed by atoms with Crippen LogP contribution in [0.5, 0.6) is 0 Å². The lowest BCUT2D eigenvalue weighted by Gasteiger charge is -2.02. The predicted octanol–water partition coefficient (Wildman–Crippen LogP) is 2.22. The number of hydrogen-bond donors (Lipinski definition) is 1. The van der Waals surface area contributed by atoms with Gasteiger partial charge in [-0.2, -0.15) is 5.26 Å². The van der Waals surface area contributed by atoms with Crippen molar-refractivity contribution in [1.82, 2.24) is 14.9 Å². The number of nitriles is 1. The van der Waals surface area contributed by atoms with Crippen molar-refractivity contribution < 1.29 is 9.21 Å². The number of carbonyl (C=O) groups is 1. The van der Waals surface area contributed by atoms with Gasteiger partial charge in [-0.05, 0) is 12.1 Å². The van der Waals surface area contributed by atoms with Gasteiger partial charge < -0.3 is 4.42 Å². The molecule has 2 heterocycles. The van der Waals surface area contributed by atoms with Crippen LogP contribution < -0.4 is 5.43 Å². The van der Waals surface area contributed by atoms with E-state index in [1.807, 2.05) is 36.4 Å². The Morgan fingerprint density at radius 1 is 1.17 bits per heavy atom. The zero-order valence-electron chi connectivity index (χ0n) is 11.9. The lowest BCUT2D eigenvalue weighted by Crippen LogP contribution is -2.22. The first-order chi connectivity index (χ1) is 11.3. The third-order valence-corrected chi connectivity index (χ3v) is 2.99. The number of aromatic nitrogens is 3. The summed E-state index contributed by atoms with van der Waals surface area (Å²) in [5.74, 6) is 0.498. The van der Waals surface area contributed by atoms with Gasteiger partial charge in [0.2, 0.25) is 0 Å². The van der Waals surface area contributed by atoms with E-state index in [1.165, 1.54) is 23.4 Å². The highest BCUT2D eigenvalue weighted by molar-refractivity contribution is 6.06. The lowest BCUT2D eigenvalue weighted by molar-refractivity contribution is -0.113. The summed E-state index contributed by atoms with van der Waals surface area (Å²) in [5.41, 5.74) is 3.28. The number of nitrogens with zero attached hydrogens (tertiary/aromatic N) is 4. The van der Waals surface area contributed by atoms with Gasteiger partial charge in [-0.15, -0.1) is 10.2 Å². The molecule has 112 valence electrons. The molecule has 0 bridgehead atoms. The van der Waals surface area contributed by atoms with E-state index in [9.17, 15) is 4.79 Å². The number of amides is 1. The Balaban J connectivity index is 1.80. The smallest absolute Gasteiger partial charge is 0.280 e. The maximum atomic E-state index is 12.0. The SMILES string of the molecule is N#C/C(=C\c1ccc(-c2ccccc2)o1)C(=O)Nn1cnnc1. The third-order valence-electron chi connectivity index (χ3n) is 2.99. The summed E-state index contributed by atoms with van der Waals surface area (Å²) in [4.78, 5) is 12.0. The summed E-state index contributed by atoms with van der Waals surface area (Å²) in [7, 11) is 0. The van der Waals surface area contributed by atoms with Crippen LogP contribution in [-0.4, -0.2) is 20.8 Å². The lowest BCUT2D eigenvalue weighted by atomic mass is 10.2. The van der Waals surface area contributed by atoms with Crippen LogP contribution in [0, 0.1) is 11.3 Å². The molecule has 0 atom stereocenters. The van der Waals surface area contributed by atoms with Crippen molar-refractivity contribution in [1.29, 1.82) is 5.26 Å². The highest BCUT2D eigenvalue weighted by atomic mass is 16.3. The van der Waals surface area contributed by atoms with Crippen LogP contribution in [0.2, 0.25) is 0 Å². The number of nitrogens with one attached hydrogen (secondary N) is 1. The summed E-state index contributed by atoms with van der Waals surface area (Å²) in [5, 5.41) is 16.3. The molecular formula is C16H11N5O2. The van der Waals surface area contributed by atoms with E-state index >= 15 is 0 Å². The highest BCUT2D eigenvalue weighted by Crippen LogP contribution is 2.23. The van der Waals surface area contributed by atoms with Crippen LogP contribution in [-0.2, 0) is 4.79 Å². The molecule has 2 aromatic heterocycles. The topological polar surface area (TPSA) is 96.7 Å². The number of hydrogen-bond acceptors (Lipinski definition) is 5. The largest absolute Gasteiger partial charge is 0.457 e. The molecule has 0 saturated carbocycles. The summed E-state index contributed by atoms with van der Waals surface area (Å²) in [6.45, 7) is 0. The zero-order valence-corrected chi connectivity index (χ0v) is 11.9. The molecular weight excluding hydrogens is 294 g/mol. The minimum atomic E-state index is -0.579. The van der Waals surface area contributed by atoms with Crippen LogP contribution in [0.4, 0.5) is 0 Å². The van der Waals surface area contributed by atoms with Crippen LogP contribution >= 0.6 is 0 Å². The minimum absolute atomic E-state index is 0.0901. The third kappa shape index (κ3) is 3.33. The second-order valence-corrected chi connectivity index (χ2v) is 4.55. The van der Waals surface area contributed by atoms with Crippen molar-refractivity contribution in [2.45, 2.75) is 0 Å². The van der Waals surface area contributed by atoms with Crippen LogP contribution in [0.1, 0.15) is 5.76 Å². The van der Waals surface area contributed by atoms with E-state index in [-0.39, 0.29) is 5.57 Å². The molecule has 23 heavy (non-hydrogen) atoms. The molecule has 1 aromatic carbocycles. The fourth-order valence-electron chi connectivity index (χ4n) is 1.91. The van der Waals surface area contributed by atoms with Crippen molar-refractivity contribution >= 4 is 12.0 Å². The fourth-order valence-corrected chi connectivity index (χ4v) is 1.91. The molecule has 0 unspecified atom stereocenters. The predicted molar refractivity (Wildman–Crippen MR) is 82.1 cm³/mol. The van der Waals surface area contributed by atoms with Crippen LogP contribution in [0.25, 0.3) is 17.4 Å². The normalized spacial score (nSPS) is 11.0. The van der Waals surface area contributed by atoms with Gasteiger partial charge in [-0.3, -0.25) is 10.2 Å². The molecule has 0 aliphatic heterocycles. The minimum Gasteiger partial charge on any atom is -0.457 e. The second kappa shape index (κ2) is 6.41. The van der Waals surface area contributed by atoms with E-state index in [0.29, 0.717) is 11.5 Å². The monoisotopic (exact) mass is 305 g/mol. The number of benzene rings is 1. The number of carbonyl (C=O) groups excluding carboxylic acids is 1. The summed E-state index contributed by atoms with van der Waals surface area (Å²) in [6, 6.07) is 14.9. The fraction of sp³-hybridized carbons (Fsp3) is 0. The van der Waals surface area contributed by atoms with Crippen molar-refractivity contribution in [2.24, 2.45) is 0 Å². The average molecular weight is 305 g/mol. The summed E-state index contributed by atoms with van der Waals surface area (Å²) in [6.07, 6.45) is 4.01. The molecule has 0 saturated heterocycles. The van der Waals surface area contributed by atoms with Crippen LogP contribution in [0.3, 0.4) is 0 Å². The molecule has 7 nitrogen and oxygen atoms in total. The molecule has 0 aliphatic rings. The molecule has 3 rings (SSSR count). The Hall–Kier alpha value is -3.66. The molecule has 1 amide bonds. The van der Waals surface area contributed by atoms with Crippen molar-refractivity contribution in [3.8, 4) is 17.4 Å². The van der Waals surface area contributed by atoms with Gasteiger partial charge in [0.1, 0.15) is 35.8 Å². The maximum Gasteiger partial charge on any atom is 0.280 e. The second-order valence-electron chi connectivity index (χ2n) is 4.55. The average Bonchev–Trinajstić information content (AvgIpc) is 3.25. The van der Waals surface area contributed by atoms with E-state index < -0.39 is 5.91 Å². The first-order valence-electron chi connectivity index (χ1n) is 6.69. The Kier molecular flexibility index (Phi) is 3.98. The van der Waals surface area contributed by atoms with E-state index in [2.05, 4.69) is 15.6 Å². The van der Waals surface area contributed by atoms with Gasteiger partial charge >= 0.3 is 0 Å². The molecule has 3 aromatic rings. The van der Waals surface area contributed by atoms with Crippen molar-refractivity contribution in [2.75, 3.05) is 5.43 Å². The van der Waals surface area contributed by atoms with Gasteiger partial charge in [-0.1, -0.05) is 30.3 Å². The molecule has 0 aliphatic carbocycles. The van der Waals surface area contributed by atoms with Crippen LogP contribution in [0.15, 0.2) is 65.1 Å². The number of furan rings is 1. The van der Waals surface area contributed by atoms with E-state index in [0.717, 1.165) is 5.56 Å². The molecule has 0 spiro atoms. The van der Waals surface area contributed by atoms with E-state index in [1.54, 1.807) is 12.1 Å². The van der Waals surface area contributed by atoms with Crippen molar-refractivity contribution in [3.63, 3.8) is 0 Å². The first kappa shape index (κ1) is 14.3. The zero-order chi connectivity index (χ0) is 16.1. The van der Waals surface area contributed by atoms with Crippen molar-refractivity contribution in [3.05, 3.63) is 66.5 Å². The molecule has 7 heteroatoms. The Morgan fingerprint density at radius 3 is 2.61 bits per heavy atom. The Morgan fingerprint density at radius 2 is 1.91 bits per heavy atom. The van der Waals surface area contributed by atoms with Gasteiger partial charge in [0.25, 0.3) is 5.91 Å².